The highest BCUT2D eigenvalue weighted by Gasteiger charge is 2.32. The lowest BCUT2D eigenvalue weighted by Crippen LogP contribution is -2.51. The van der Waals surface area contributed by atoms with E-state index in [9.17, 15) is 4.79 Å². The Balaban J connectivity index is 2.26. The molecule has 0 aromatic carbocycles. The molecule has 0 heterocycles. The Bertz CT molecular complexity index is 171. The fraction of sp³-hybridized carbons (Fsp3) is 0.900. The molecule has 0 aliphatic heterocycles. The average molecular weight is 169 g/mol. The van der Waals surface area contributed by atoms with Gasteiger partial charge in [0.2, 0.25) is 5.91 Å². The maximum absolute atomic E-state index is 11.4. The number of carbonyl (C=O) groups is 1. The lowest BCUT2D eigenvalue weighted by Gasteiger charge is -2.39. The van der Waals surface area contributed by atoms with Crippen LogP contribution in [-0.4, -0.2) is 11.4 Å². The van der Waals surface area contributed by atoms with Crippen LogP contribution in [0, 0.1) is 5.92 Å². The zero-order valence-corrected chi connectivity index (χ0v) is 8.31. The van der Waals surface area contributed by atoms with Gasteiger partial charge in [-0.15, -0.1) is 0 Å². The molecule has 2 heteroatoms. The summed E-state index contributed by atoms with van der Waals surface area (Å²) in [4.78, 5) is 11.4. The summed E-state index contributed by atoms with van der Waals surface area (Å²) in [6.45, 7) is 6.28. The number of carbonyl (C=O) groups excluding carboxylic acids is 1. The van der Waals surface area contributed by atoms with Crippen LogP contribution in [0.1, 0.15) is 46.5 Å². The van der Waals surface area contributed by atoms with E-state index >= 15 is 0 Å². The molecule has 0 bridgehead atoms. The highest BCUT2D eigenvalue weighted by Crippen LogP contribution is 2.30. The van der Waals surface area contributed by atoms with Crippen LogP contribution in [0.5, 0.6) is 0 Å². The predicted molar refractivity (Wildman–Crippen MR) is 49.9 cm³/mol. The highest BCUT2D eigenvalue weighted by atomic mass is 16.1. The molecular weight excluding hydrogens is 150 g/mol. The van der Waals surface area contributed by atoms with Gasteiger partial charge in [-0.3, -0.25) is 4.79 Å². The van der Waals surface area contributed by atoms with E-state index in [2.05, 4.69) is 26.1 Å². The van der Waals surface area contributed by atoms with Gasteiger partial charge in [-0.05, 0) is 32.1 Å². The van der Waals surface area contributed by atoms with Gasteiger partial charge in [0.15, 0.2) is 0 Å². The lowest BCUT2D eigenvalue weighted by atomic mass is 9.78. The maximum atomic E-state index is 11.4. The quantitative estimate of drug-likeness (QED) is 0.688. The summed E-state index contributed by atoms with van der Waals surface area (Å²) < 4.78 is 0. The summed E-state index contributed by atoms with van der Waals surface area (Å²) in [5, 5.41) is 3.09. The van der Waals surface area contributed by atoms with Crippen molar-refractivity contribution in [1.82, 2.24) is 5.32 Å². The van der Waals surface area contributed by atoms with Crippen molar-refractivity contribution in [3.63, 3.8) is 0 Å². The van der Waals surface area contributed by atoms with Crippen LogP contribution >= 0.6 is 0 Å². The van der Waals surface area contributed by atoms with Crippen molar-refractivity contribution in [2.45, 2.75) is 52.0 Å². The van der Waals surface area contributed by atoms with Crippen molar-refractivity contribution in [2.75, 3.05) is 0 Å². The number of hydrogen-bond acceptors (Lipinski definition) is 1. The summed E-state index contributed by atoms with van der Waals surface area (Å²) >= 11 is 0. The molecule has 1 amide bonds. The Kier molecular flexibility index (Phi) is 2.76. The Hall–Kier alpha value is -0.530. The summed E-state index contributed by atoms with van der Waals surface area (Å²) in [6.07, 6.45) is 4.22. The lowest BCUT2D eigenvalue weighted by molar-refractivity contribution is -0.124. The molecule has 0 aromatic rings. The van der Waals surface area contributed by atoms with Gasteiger partial charge in [-0.25, -0.2) is 0 Å². The SMILES string of the molecule is CC(C)CC(=O)NC1(C)CCC1. The third-order valence-electron chi connectivity index (χ3n) is 2.49. The Labute approximate surface area is 74.7 Å². The van der Waals surface area contributed by atoms with E-state index in [1.54, 1.807) is 0 Å². The first-order valence-electron chi connectivity index (χ1n) is 4.83. The van der Waals surface area contributed by atoms with Crippen molar-refractivity contribution in [2.24, 2.45) is 5.92 Å². The molecule has 2 nitrogen and oxygen atoms in total. The van der Waals surface area contributed by atoms with Crippen LogP contribution < -0.4 is 5.32 Å². The Morgan fingerprint density at radius 3 is 2.42 bits per heavy atom. The second-order valence-corrected chi connectivity index (χ2v) is 4.56. The predicted octanol–water partition coefficient (Wildman–Crippen LogP) is 2.09. The minimum Gasteiger partial charge on any atom is -0.351 e. The zero-order valence-electron chi connectivity index (χ0n) is 8.31. The van der Waals surface area contributed by atoms with Crippen molar-refractivity contribution in [1.29, 1.82) is 0 Å². The molecule has 0 aromatic heterocycles. The van der Waals surface area contributed by atoms with Crippen molar-refractivity contribution in [3.8, 4) is 0 Å². The molecule has 0 atom stereocenters. The van der Waals surface area contributed by atoms with E-state index in [0.29, 0.717) is 12.3 Å². The minimum absolute atomic E-state index is 0.131. The van der Waals surface area contributed by atoms with Crippen molar-refractivity contribution < 1.29 is 4.79 Å². The van der Waals surface area contributed by atoms with Gasteiger partial charge in [-0.2, -0.15) is 0 Å². The molecule has 0 saturated heterocycles. The molecule has 0 unspecified atom stereocenters. The fourth-order valence-corrected chi connectivity index (χ4v) is 1.59. The van der Waals surface area contributed by atoms with E-state index < -0.39 is 0 Å². The van der Waals surface area contributed by atoms with E-state index in [1.165, 1.54) is 6.42 Å². The van der Waals surface area contributed by atoms with E-state index in [-0.39, 0.29) is 11.4 Å². The maximum Gasteiger partial charge on any atom is 0.220 e. The molecule has 0 spiro atoms. The summed E-state index contributed by atoms with van der Waals surface area (Å²) in [5.41, 5.74) is 0.131. The number of amides is 1. The molecule has 1 aliphatic rings. The molecule has 12 heavy (non-hydrogen) atoms. The molecule has 1 rings (SSSR count). The largest absolute Gasteiger partial charge is 0.351 e. The van der Waals surface area contributed by atoms with Crippen LogP contribution in [0.15, 0.2) is 0 Å². The minimum atomic E-state index is 0.131. The van der Waals surface area contributed by atoms with Crippen LogP contribution in [0.25, 0.3) is 0 Å². The highest BCUT2D eigenvalue weighted by molar-refractivity contribution is 5.77. The van der Waals surface area contributed by atoms with Crippen LogP contribution in [-0.2, 0) is 4.79 Å². The normalized spacial score (nSPS) is 20.3. The van der Waals surface area contributed by atoms with Gasteiger partial charge in [0.1, 0.15) is 0 Å². The summed E-state index contributed by atoms with van der Waals surface area (Å²) in [5.74, 6) is 0.681. The first-order chi connectivity index (χ1) is 5.52. The Morgan fingerprint density at radius 2 is 2.08 bits per heavy atom. The van der Waals surface area contributed by atoms with Crippen LogP contribution in [0.2, 0.25) is 0 Å². The Morgan fingerprint density at radius 1 is 1.50 bits per heavy atom. The molecule has 1 aliphatic carbocycles. The average Bonchev–Trinajstić information content (AvgIpc) is 1.81. The van der Waals surface area contributed by atoms with Gasteiger partial charge >= 0.3 is 0 Å². The zero-order chi connectivity index (χ0) is 9.19. The van der Waals surface area contributed by atoms with Gasteiger partial charge in [0.05, 0.1) is 0 Å². The number of hydrogen-bond donors (Lipinski definition) is 1. The van der Waals surface area contributed by atoms with Crippen molar-refractivity contribution >= 4 is 5.91 Å². The number of rotatable bonds is 3. The van der Waals surface area contributed by atoms with Crippen molar-refractivity contribution in [3.05, 3.63) is 0 Å². The van der Waals surface area contributed by atoms with E-state index in [0.717, 1.165) is 12.8 Å². The standard InChI is InChI=1S/C10H19NO/c1-8(2)7-9(12)11-10(3)5-4-6-10/h8H,4-7H2,1-3H3,(H,11,12). The number of nitrogens with one attached hydrogen (secondary N) is 1. The van der Waals surface area contributed by atoms with Gasteiger partial charge in [0, 0.05) is 12.0 Å². The second kappa shape index (κ2) is 3.46. The van der Waals surface area contributed by atoms with E-state index in [1.807, 2.05) is 0 Å². The van der Waals surface area contributed by atoms with E-state index in [4.69, 9.17) is 0 Å². The summed E-state index contributed by atoms with van der Waals surface area (Å²) in [7, 11) is 0. The monoisotopic (exact) mass is 169 g/mol. The first kappa shape index (κ1) is 9.56. The van der Waals surface area contributed by atoms with Gasteiger partial charge < -0.3 is 5.32 Å². The van der Waals surface area contributed by atoms with Crippen LogP contribution in [0.4, 0.5) is 0 Å². The first-order valence-corrected chi connectivity index (χ1v) is 4.83. The van der Waals surface area contributed by atoms with Gasteiger partial charge in [0.25, 0.3) is 0 Å². The smallest absolute Gasteiger partial charge is 0.220 e. The molecular formula is C10H19NO. The fourth-order valence-electron chi connectivity index (χ4n) is 1.59. The summed E-state index contributed by atoms with van der Waals surface area (Å²) in [6, 6.07) is 0. The van der Waals surface area contributed by atoms with Gasteiger partial charge in [-0.1, -0.05) is 13.8 Å². The molecule has 0 radical (unpaired) electrons. The molecule has 1 fully saturated rings. The molecule has 70 valence electrons. The second-order valence-electron chi connectivity index (χ2n) is 4.56. The topological polar surface area (TPSA) is 29.1 Å². The third kappa shape index (κ3) is 2.50. The van der Waals surface area contributed by atoms with Crippen LogP contribution in [0.3, 0.4) is 0 Å². The molecule has 1 saturated carbocycles. The molecule has 1 N–H and O–H groups in total. The third-order valence-corrected chi connectivity index (χ3v) is 2.49.